The summed E-state index contributed by atoms with van der Waals surface area (Å²) in [4.78, 5) is 4.05. The number of rotatable bonds is 8. The van der Waals surface area contributed by atoms with Gasteiger partial charge in [-0.1, -0.05) is 12.1 Å². The van der Waals surface area contributed by atoms with Gasteiger partial charge in [0.2, 0.25) is 5.89 Å². The Morgan fingerprint density at radius 1 is 1.50 bits per heavy atom. The first kappa shape index (κ1) is 15.1. The van der Waals surface area contributed by atoms with Crippen LogP contribution >= 0.6 is 0 Å². The van der Waals surface area contributed by atoms with E-state index in [-0.39, 0.29) is 17.6 Å². The molecule has 1 atom stereocenters. The predicted molar refractivity (Wildman–Crippen MR) is 65.9 cm³/mol. The van der Waals surface area contributed by atoms with Crippen molar-refractivity contribution in [1.82, 2.24) is 15.5 Å². The van der Waals surface area contributed by atoms with E-state index in [2.05, 4.69) is 15.5 Å². The van der Waals surface area contributed by atoms with Gasteiger partial charge in [-0.15, -0.1) is 0 Å². The zero-order valence-electron chi connectivity index (χ0n) is 10.8. The summed E-state index contributed by atoms with van der Waals surface area (Å²) in [5, 5.41) is 6.86. The molecule has 1 aromatic rings. The Morgan fingerprint density at radius 3 is 2.78 bits per heavy atom. The van der Waals surface area contributed by atoms with Crippen molar-refractivity contribution >= 4 is 9.84 Å². The van der Waals surface area contributed by atoms with Crippen LogP contribution in [0.4, 0.5) is 0 Å². The Balaban J connectivity index is 2.61. The van der Waals surface area contributed by atoms with Crippen molar-refractivity contribution in [1.29, 1.82) is 0 Å². The molecule has 1 N–H and O–H groups in total. The Labute approximate surface area is 107 Å². The molecule has 0 aliphatic carbocycles. The Bertz CT molecular complexity index is 451. The molecule has 0 saturated heterocycles. The number of hydrogen-bond donors (Lipinski definition) is 1. The van der Waals surface area contributed by atoms with E-state index in [0.717, 1.165) is 12.8 Å². The van der Waals surface area contributed by atoms with Crippen molar-refractivity contribution in [3.8, 4) is 0 Å². The van der Waals surface area contributed by atoms with E-state index in [4.69, 9.17) is 9.26 Å². The molecule has 18 heavy (non-hydrogen) atoms. The van der Waals surface area contributed by atoms with Crippen LogP contribution in [0.15, 0.2) is 4.52 Å². The van der Waals surface area contributed by atoms with Gasteiger partial charge in [-0.2, -0.15) is 4.98 Å². The summed E-state index contributed by atoms with van der Waals surface area (Å²) in [6.07, 6.45) is 1.65. The molecule has 0 aliphatic heterocycles. The van der Waals surface area contributed by atoms with Crippen LogP contribution in [-0.4, -0.2) is 51.1 Å². The quantitative estimate of drug-likeness (QED) is 0.702. The fourth-order valence-electron chi connectivity index (χ4n) is 1.56. The lowest BCUT2D eigenvalue weighted by molar-refractivity contribution is 0.162. The first-order chi connectivity index (χ1) is 8.44. The van der Waals surface area contributed by atoms with Gasteiger partial charge in [-0.05, 0) is 6.54 Å². The molecule has 1 unspecified atom stereocenters. The molecule has 0 aromatic carbocycles. The van der Waals surface area contributed by atoms with Gasteiger partial charge >= 0.3 is 0 Å². The van der Waals surface area contributed by atoms with Gasteiger partial charge < -0.3 is 14.6 Å². The first-order valence-electron chi connectivity index (χ1n) is 5.66. The lowest BCUT2D eigenvalue weighted by Gasteiger charge is -2.14. The molecular formula is C10H19N3O4S. The van der Waals surface area contributed by atoms with Crippen molar-refractivity contribution < 1.29 is 17.7 Å². The largest absolute Gasteiger partial charge is 0.383 e. The van der Waals surface area contributed by atoms with Crippen LogP contribution in [0.5, 0.6) is 0 Å². The second kappa shape index (κ2) is 6.81. The van der Waals surface area contributed by atoms with E-state index >= 15 is 0 Å². The van der Waals surface area contributed by atoms with Gasteiger partial charge in [0.25, 0.3) is 0 Å². The minimum absolute atomic E-state index is 0.0755. The van der Waals surface area contributed by atoms with Gasteiger partial charge in [0.1, 0.15) is 5.75 Å². The normalized spacial score (nSPS) is 13.7. The van der Waals surface area contributed by atoms with Crippen LogP contribution in [0.25, 0.3) is 0 Å². The third-order valence-electron chi connectivity index (χ3n) is 2.18. The van der Waals surface area contributed by atoms with Gasteiger partial charge in [-0.3, -0.25) is 0 Å². The highest BCUT2D eigenvalue weighted by molar-refractivity contribution is 7.89. The number of likely N-dealkylation sites (N-methyl/N-ethyl adjacent to an activating group) is 1. The SMILES string of the molecule is CCNC(COC)Cc1nc(CS(C)(=O)=O)no1. The van der Waals surface area contributed by atoms with Crippen molar-refractivity contribution in [3.63, 3.8) is 0 Å². The lowest BCUT2D eigenvalue weighted by Crippen LogP contribution is -2.35. The summed E-state index contributed by atoms with van der Waals surface area (Å²) in [7, 11) is -1.52. The summed E-state index contributed by atoms with van der Waals surface area (Å²) in [6, 6.07) is 0.0755. The van der Waals surface area contributed by atoms with Crippen molar-refractivity contribution in [2.45, 2.75) is 25.1 Å². The number of hydrogen-bond acceptors (Lipinski definition) is 7. The highest BCUT2D eigenvalue weighted by atomic mass is 32.2. The number of sulfone groups is 1. The maximum Gasteiger partial charge on any atom is 0.228 e. The molecule has 1 heterocycles. The summed E-state index contributed by atoms with van der Waals surface area (Å²) in [5.74, 6) is 0.406. The van der Waals surface area contributed by atoms with Gasteiger partial charge in [0, 0.05) is 25.8 Å². The van der Waals surface area contributed by atoms with Gasteiger partial charge in [0.15, 0.2) is 15.7 Å². The number of ether oxygens (including phenoxy) is 1. The van der Waals surface area contributed by atoms with Crippen molar-refractivity contribution in [2.24, 2.45) is 0 Å². The highest BCUT2D eigenvalue weighted by Gasteiger charge is 2.16. The molecule has 104 valence electrons. The molecule has 8 heteroatoms. The van der Waals surface area contributed by atoms with Crippen LogP contribution in [0.2, 0.25) is 0 Å². The fourth-order valence-corrected chi connectivity index (χ4v) is 2.14. The molecule has 0 fully saturated rings. The first-order valence-corrected chi connectivity index (χ1v) is 7.72. The van der Waals surface area contributed by atoms with Crippen LogP contribution in [0, 0.1) is 0 Å². The van der Waals surface area contributed by atoms with Crippen LogP contribution in [0.1, 0.15) is 18.6 Å². The van der Waals surface area contributed by atoms with Crippen molar-refractivity contribution in [3.05, 3.63) is 11.7 Å². The Morgan fingerprint density at radius 2 is 2.22 bits per heavy atom. The molecule has 0 bridgehead atoms. The molecule has 7 nitrogen and oxygen atoms in total. The topological polar surface area (TPSA) is 94.3 Å². The number of methoxy groups -OCH3 is 1. The highest BCUT2D eigenvalue weighted by Crippen LogP contribution is 2.05. The van der Waals surface area contributed by atoms with E-state index in [1.54, 1.807) is 7.11 Å². The predicted octanol–water partition coefficient (Wildman–Crippen LogP) is -0.219. The summed E-state index contributed by atoms with van der Waals surface area (Å²) >= 11 is 0. The monoisotopic (exact) mass is 277 g/mol. The van der Waals surface area contributed by atoms with Crippen molar-refractivity contribution in [2.75, 3.05) is 26.5 Å². The zero-order chi connectivity index (χ0) is 13.6. The van der Waals surface area contributed by atoms with Gasteiger partial charge in [-0.25, -0.2) is 8.42 Å². The zero-order valence-corrected chi connectivity index (χ0v) is 11.7. The smallest absolute Gasteiger partial charge is 0.228 e. The minimum atomic E-state index is -3.14. The number of nitrogens with zero attached hydrogens (tertiary/aromatic N) is 2. The van der Waals surface area contributed by atoms with E-state index in [0.29, 0.717) is 18.9 Å². The standard InChI is InChI=1S/C10H19N3O4S/c1-4-11-8(6-16-2)5-10-12-9(13-17-10)7-18(3,14)15/h8,11H,4-7H2,1-3H3. The lowest BCUT2D eigenvalue weighted by atomic mass is 10.2. The molecule has 0 saturated carbocycles. The van der Waals surface area contributed by atoms with Crippen LogP contribution in [0.3, 0.4) is 0 Å². The molecule has 1 aromatic heterocycles. The Hall–Kier alpha value is -0.990. The maximum absolute atomic E-state index is 11.1. The third-order valence-corrected chi connectivity index (χ3v) is 2.97. The fraction of sp³-hybridized carbons (Fsp3) is 0.800. The maximum atomic E-state index is 11.1. The second-order valence-corrected chi connectivity index (χ2v) is 6.23. The molecule has 0 aliphatic rings. The van der Waals surface area contributed by atoms with E-state index < -0.39 is 9.84 Å². The Kier molecular flexibility index (Phi) is 5.70. The number of aromatic nitrogens is 2. The van der Waals surface area contributed by atoms with E-state index in [9.17, 15) is 8.42 Å². The number of nitrogens with one attached hydrogen (secondary N) is 1. The molecule has 0 amide bonds. The molecule has 0 radical (unpaired) electrons. The van der Waals surface area contributed by atoms with E-state index in [1.807, 2.05) is 6.92 Å². The van der Waals surface area contributed by atoms with E-state index in [1.165, 1.54) is 0 Å². The average Bonchev–Trinajstić information content (AvgIpc) is 2.63. The van der Waals surface area contributed by atoms with Gasteiger partial charge in [0.05, 0.1) is 6.61 Å². The molecular weight excluding hydrogens is 258 g/mol. The summed E-state index contributed by atoms with van der Waals surface area (Å²) in [6.45, 7) is 3.32. The molecule has 1 rings (SSSR count). The van der Waals surface area contributed by atoms with Crippen LogP contribution < -0.4 is 5.32 Å². The summed E-state index contributed by atoms with van der Waals surface area (Å²) in [5.41, 5.74) is 0. The van der Waals surface area contributed by atoms with Crippen LogP contribution in [-0.2, 0) is 26.7 Å². The average molecular weight is 277 g/mol. The minimum Gasteiger partial charge on any atom is -0.383 e. The summed E-state index contributed by atoms with van der Waals surface area (Å²) < 4.78 is 32.2. The third kappa shape index (κ3) is 5.56. The molecule has 0 spiro atoms. The second-order valence-electron chi connectivity index (χ2n) is 4.09.